The van der Waals surface area contributed by atoms with Crippen LogP contribution in [0, 0.1) is 5.92 Å². The number of hydrogen-bond acceptors (Lipinski definition) is 5. The maximum Gasteiger partial charge on any atom is 0.241 e. The maximum absolute atomic E-state index is 13.0. The molecule has 2 heterocycles. The summed E-state index contributed by atoms with van der Waals surface area (Å²) in [5.74, 6) is 1.30. The first kappa shape index (κ1) is 24.1. The molecule has 34 heavy (non-hydrogen) atoms. The number of aromatic nitrogens is 2. The van der Waals surface area contributed by atoms with Gasteiger partial charge < -0.3 is 9.84 Å². The van der Waals surface area contributed by atoms with Crippen molar-refractivity contribution < 1.29 is 9.32 Å². The normalized spacial score (nSPS) is 17.9. The van der Waals surface area contributed by atoms with Gasteiger partial charge in [-0.25, -0.2) is 0 Å². The lowest BCUT2D eigenvalue weighted by molar-refractivity contribution is -0.127. The second-order valence-corrected chi connectivity index (χ2v) is 10.3. The van der Waals surface area contributed by atoms with Crippen LogP contribution in [-0.4, -0.2) is 34.0 Å². The Morgan fingerprint density at radius 3 is 2.56 bits per heavy atom. The molecule has 6 heteroatoms. The minimum Gasteiger partial charge on any atom is -0.349 e. The molecule has 1 fully saturated rings. The molecular weight excluding hydrogens is 424 g/mol. The van der Waals surface area contributed by atoms with Gasteiger partial charge in [-0.05, 0) is 42.3 Å². The molecule has 1 aromatic heterocycles. The van der Waals surface area contributed by atoms with E-state index in [4.69, 9.17) is 4.52 Å². The number of carbonyl (C=O) groups is 1. The Morgan fingerprint density at radius 1 is 1.15 bits per heavy atom. The van der Waals surface area contributed by atoms with Crippen molar-refractivity contribution in [3.05, 3.63) is 71.6 Å². The van der Waals surface area contributed by atoms with Crippen molar-refractivity contribution in [2.45, 2.75) is 65.0 Å². The number of rotatable bonds is 7. The van der Waals surface area contributed by atoms with Crippen LogP contribution >= 0.6 is 0 Å². The lowest BCUT2D eigenvalue weighted by Gasteiger charge is -2.32. The van der Waals surface area contributed by atoms with E-state index in [2.05, 4.69) is 72.3 Å². The van der Waals surface area contributed by atoms with Gasteiger partial charge in [-0.2, -0.15) is 4.98 Å². The summed E-state index contributed by atoms with van der Waals surface area (Å²) in [5.41, 5.74) is 3.48. The molecule has 0 spiro atoms. The number of carbonyl (C=O) groups excluding carboxylic acids is 1. The number of amides is 1. The Morgan fingerprint density at radius 2 is 1.88 bits per heavy atom. The van der Waals surface area contributed by atoms with Gasteiger partial charge in [0.2, 0.25) is 17.6 Å². The van der Waals surface area contributed by atoms with E-state index in [-0.39, 0.29) is 23.3 Å². The second-order valence-electron chi connectivity index (χ2n) is 10.3. The molecule has 0 radical (unpaired) electrons. The van der Waals surface area contributed by atoms with Crippen LogP contribution in [0.25, 0.3) is 11.4 Å². The van der Waals surface area contributed by atoms with Gasteiger partial charge >= 0.3 is 0 Å². The highest BCUT2D eigenvalue weighted by molar-refractivity contribution is 5.79. The van der Waals surface area contributed by atoms with E-state index in [0.717, 1.165) is 36.9 Å². The Balaban J connectivity index is 1.35. The third-order valence-electron chi connectivity index (χ3n) is 6.64. The Kier molecular flexibility index (Phi) is 7.47. The van der Waals surface area contributed by atoms with Crippen molar-refractivity contribution in [3.63, 3.8) is 0 Å². The summed E-state index contributed by atoms with van der Waals surface area (Å²) in [6.45, 7) is 10.9. The molecule has 1 N–H and O–H groups in total. The van der Waals surface area contributed by atoms with Crippen molar-refractivity contribution in [1.82, 2.24) is 20.4 Å². The molecule has 0 aliphatic carbocycles. The van der Waals surface area contributed by atoms with Gasteiger partial charge in [0, 0.05) is 12.1 Å². The number of nitrogens with zero attached hydrogens (tertiary/aromatic N) is 3. The molecule has 0 bridgehead atoms. The maximum atomic E-state index is 13.0. The molecular formula is C28H36N4O2. The smallest absolute Gasteiger partial charge is 0.241 e. The van der Waals surface area contributed by atoms with E-state index in [0.29, 0.717) is 24.8 Å². The number of nitrogens with one attached hydrogen (secondary N) is 1. The van der Waals surface area contributed by atoms with Crippen LogP contribution in [0.1, 0.15) is 70.0 Å². The zero-order valence-electron chi connectivity index (χ0n) is 20.8. The SMILES string of the molecule is CCC(NC(=O)C1CCCN(Cc2nc(-c3ccc(C(C)(C)C)cc3)no2)C1)c1ccccc1. The topological polar surface area (TPSA) is 71.3 Å². The molecule has 1 aliphatic heterocycles. The van der Waals surface area contributed by atoms with Gasteiger partial charge in [0.15, 0.2) is 0 Å². The van der Waals surface area contributed by atoms with Crippen LogP contribution in [0.4, 0.5) is 0 Å². The average molecular weight is 461 g/mol. The van der Waals surface area contributed by atoms with Crippen molar-refractivity contribution in [3.8, 4) is 11.4 Å². The van der Waals surface area contributed by atoms with Gasteiger partial charge in [-0.15, -0.1) is 0 Å². The van der Waals surface area contributed by atoms with Crippen LogP contribution < -0.4 is 5.32 Å². The first-order chi connectivity index (χ1) is 16.3. The van der Waals surface area contributed by atoms with Crippen molar-refractivity contribution >= 4 is 5.91 Å². The van der Waals surface area contributed by atoms with Crippen molar-refractivity contribution in [2.24, 2.45) is 5.92 Å². The largest absolute Gasteiger partial charge is 0.349 e. The minimum absolute atomic E-state index is 0.0288. The van der Waals surface area contributed by atoms with Crippen LogP contribution in [0.2, 0.25) is 0 Å². The molecule has 2 aromatic carbocycles. The Bertz CT molecular complexity index is 1070. The zero-order valence-corrected chi connectivity index (χ0v) is 20.8. The van der Waals surface area contributed by atoms with Gasteiger partial charge in [0.25, 0.3) is 0 Å². The monoisotopic (exact) mass is 460 g/mol. The van der Waals surface area contributed by atoms with Crippen LogP contribution in [-0.2, 0) is 16.8 Å². The zero-order chi connectivity index (χ0) is 24.1. The molecule has 4 rings (SSSR count). The number of piperidine rings is 1. The van der Waals surface area contributed by atoms with E-state index in [1.807, 2.05) is 30.3 Å². The highest BCUT2D eigenvalue weighted by Gasteiger charge is 2.28. The van der Waals surface area contributed by atoms with Gasteiger partial charge in [0.1, 0.15) is 0 Å². The molecule has 3 aromatic rings. The molecule has 1 amide bonds. The predicted molar refractivity (Wildman–Crippen MR) is 134 cm³/mol. The van der Waals surface area contributed by atoms with E-state index in [1.54, 1.807) is 0 Å². The third-order valence-corrected chi connectivity index (χ3v) is 6.64. The summed E-state index contributed by atoms with van der Waals surface area (Å²) in [7, 11) is 0. The molecule has 180 valence electrons. The van der Waals surface area contributed by atoms with E-state index in [9.17, 15) is 4.79 Å². The molecule has 2 atom stereocenters. The summed E-state index contributed by atoms with van der Waals surface area (Å²) < 4.78 is 5.55. The summed E-state index contributed by atoms with van der Waals surface area (Å²) in [6, 6.07) is 18.6. The summed E-state index contributed by atoms with van der Waals surface area (Å²) in [4.78, 5) is 19.9. The molecule has 1 aliphatic rings. The predicted octanol–water partition coefficient (Wildman–Crippen LogP) is 5.51. The van der Waals surface area contributed by atoms with E-state index >= 15 is 0 Å². The first-order valence-corrected chi connectivity index (χ1v) is 12.3. The first-order valence-electron chi connectivity index (χ1n) is 12.3. The average Bonchev–Trinajstić information content (AvgIpc) is 3.31. The van der Waals surface area contributed by atoms with E-state index in [1.165, 1.54) is 5.56 Å². The Hall–Kier alpha value is -2.99. The quantitative estimate of drug-likeness (QED) is 0.503. The fourth-order valence-electron chi connectivity index (χ4n) is 4.56. The summed E-state index contributed by atoms with van der Waals surface area (Å²) >= 11 is 0. The van der Waals surface area contributed by atoms with E-state index < -0.39 is 0 Å². The van der Waals surface area contributed by atoms with Gasteiger partial charge in [-0.1, -0.05) is 87.4 Å². The second kappa shape index (κ2) is 10.5. The van der Waals surface area contributed by atoms with Crippen LogP contribution in [0.3, 0.4) is 0 Å². The van der Waals surface area contributed by atoms with Crippen LogP contribution in [0.5, 0.6) is 0 Å². The Labute approximate surface area is 202 Å². The van der Waals surface area contributed by atoms with Gasteiger partial charge in [-0.3, -0.25) is 9.69 Å². The fourth-order valence-corrected chi connectivity index (χ4v) is 4.56. The number of likely N-dealkylation sites (tertiary alicyclic amines) is 1. The molecule has 2 unspecified atom stereocenters. The van der Waals surface area contributed by atoms with Crippen molar-refractivity contribution in [2.75, 3.05) is 13.1 Å². The van der Waals surface area contributed by atoms with Crippen molar-refractivity contribution in [1.29, 1.82) is 0 Å². The third kappa shape index (κ3) is 5.92. The fraction of sp³-hybridized carbons (Fsp3) is 0.464. The highest BCUT2D eigenvalue weighted by Crippen LogP contribution is 2.26. The molecule has 1 saturated heterocycles. The number of benzene rings is 2. The number of hydrogen-bond donors (Lipinski definition) is 1. The molecule has 6 nitrogen and oxygen atoms in total. The summed E-state index contributed by atoms with van der Waals surface area (Å²) in [5, 5.41) is 7.45. The minimum atomic E-state index is -0.0288. The lowest BCUT2D eigenvalue weighted by Crippen LogP contribution is -2.43. The van der Waals surface area contributed by atoms with Crippen LogP contribution in [0.15, 0.2) is 59.1 Å². The standard InChI is InChI=1S/C28H36N4O2/c1-5-24(20-10-7-6-8-11-20)29-27(33)22-12-9-17-32(18-22)19-25-30-26(31-34-25)21-13-15-23(16-14-21)28(2,3)4/h6-8,10-11,13-16,22,24H,5,9,12,17-19H2,1-4H3,(H,29,33). The molecule has 0 saturated carbocycles. The summed E-state index contributed by atoms with van der Waals surface area (Å²) in [6.07, 6.45) is 2.76. The lowest BCUT2D eigenvalue weighted by atomic mass is 9.87. The highest BCUT2D eigenvalue weighted by atomic mass is 16.5. The van der Waals surface area contributed by atoms with Gasteiger partial charge in [0.05, 0.1) is 18.5 Å².